The molecule has 31 heavy (non-hydrogen) atoms. The molecule has 0 saturated carbocycles. The second kappa shape index (κ2) is 10.8. The minimum atomic E-state index is -2.55. The molecule has 0 fully saturated rings. The van der Waals surface area contributed by atoms with E-state index in [1.807, 2.05) is 30.3 Å². The fourth-order valence-electron chi connectivity index (χ4n) is 2.92. The van der Waals surface area contributed by atoms with E-state index in [2.05, 4.69) is 27.0 Å². The Bertz CT molecular complexity index is 1080. The summed E-state index contributed by atoms with van der Waals surface area (Å²) >= 11 is 0. The van der Waals surface area contributed by atoms with Gasteiger partial charge in [0.25, 0.3) is 5.91 Å². The number of amides is 1. The van der Waals surface area contributed by atoms with E-state index in [1.54, 1.807) is 32.6 Å². The van der Waals surface area contributed by atoms with Gasteiger partial charge in [0, 0.05) is 45.0 Å². The van der Waals surface area contributed by atoms with Crippen molar-refractivity contribution in [3.05, 3.63) is 77.4 Å². The van der Waals surface area contributed by atoms with Crippen LogP contribution in [0, 0.1) is 11.8 Å². The third-order valence-corrected chi connectivity index (χ3v) is 4.78. The molecular weight excluding hydrogens is 417 g/mol. The monoisotopic (exact) mass is 439 g/mol. The number of benzene rings is 1. The average Bonchev–Trinajstić information content (AvgIpc) is 3.17. The Morgan fingerprint density at radius 2 is 2.00 bits per heavy atom. The van der Waals surface area contributed by atoms with Crippen molar-refractivity contribution in [1.29, 1.82) is 0 Å². The van der Waals surface area contributed by atoms with Crippen molar-refractivity contribution in [2.75, 3.05) is 13.6 Å². The molecule has 3 aromatic rings. The topological polar surface area (TPSA) is 114 Å². The van der Waals surface area contributed by atoms with Gasteiger partial charge in [-0.2, -0.15) is 9.90 Å². The van der Waals surface area contributed by atoms with Crippen LogP contribution in [0.1, 0.15) is 27.2 Å². The minimum absolute atomic E-state index is 0.170. The Balaban J connectivity index is 1.69. The second-order valence-corrected chi connectivity index (χ2v) is 7.50. The molecule has 0 saturated heterocycles. The number of likely N-dealkylation sites (N-methyl/N-ethyl adjacent to an activating group) is 1. The number of aryl methyl sites for hydroxylation is 1. The van der Waals surface area contributed by atoms with Gasteiger partial charge in [-0.05, 0) is 17.6 Å². The van der Waals surface area contributed by atoms with Gasteiger partial charge in [-0.25, -0.2) is 0 Å². The van der Waals surface area contributed by atoms with Crippen molar-refractivity contribution >= 4 is 14.5 Å². The Hall–Kier alpha value is -3.15. The maximum Gasteiger partial charge on any atom is 0.327 e. The lowest BCUT2D eigenvalue weighted by Gasteiger charge is -2.24. The van der Waals surface area contributed by atoms with Gasteiger partial charge in [0.2, 0.25) is 0 Å². The number of nitrogens with zero attached hydrogens (tertiary/aromatic N) is 5. The SMILES string of the molecule is CN(CC(Cc1ccccc1)OP(O)O)C(=O)c1cncc(C#Cc2cnn(C)n2)c1. The number of carbonyl (C=O) groups excluding carboxylic acids is 1. The summed E-state index contributed by atoms with van der Waals surface area (Å²) in [6.07, 6.45) is 4.43. The minimum Gasteiger partial charge on any atom is -0.339 e. The first kappa shape index (κ1) is 22.5. The van der Waals surface area contributed by atoms with Crippen LogP contribution in [0.4, 0.5) is 0 Å². The number of rotatable bonds is 7. The highest BCUT2D eigenvalue weighted by atomic mass is 31.2. The quantitative estimate of drug-likeness (QED) is 0.424. The Morgan fingerprint density at radius 1 is 1.23 bits per heavy atom. The zero-order chi connectivity index (χ0) is 22.2. The van der Waals surface area contributed by atoms with Crippen LogP contribution in [0.3, 0.4) is 0 Å². The van der Waals surface area contributed by atoms with Crippen molar-refractivity contribution in [3.8, 4) is 11.8 Å². The van der Waals surface area contributed by atoms with Crippen molar-refractivity contribution in [2.24, 2.45) is 7.05 Å². The maximum absolute atomic E-state index is 12.9. The number of carbonyl (C=O) groups is 1. The first-order valence-electron chi connectivity index (χ1n) is 9.38. The van der Waals surface area contributed by atoms with Gasteiger partial charge in [-0.3, -0.25) is 9.78 Å². The highest BCUT2D eigenvalue weighted by Gasteiger charge is 2.21. The van der Waals surface area contributed by atoms with Crippen LogP contribution in [0.25, 0.3) is 0 Å². The predicted molar refractivity (Wildman–Crippen MR) is 115 cm³/mol. The van der Waals surface area contributed by atoms with Gasteiger partial charge >= 0.3 is 8.60 Å². The molecule has 2 heterocycles. The Morgan fingerprint density at radius 3 is 2.68 bits per heavy atom. The van der Waals surface area contributed by atoms with E-state index in [0.29, 0.717) is 23.2 Å². The van der Waals surface area contributed by atoms with Crippen LogP contribution in [-0.2, 0) is 18.0 Å². The molecule has 2 aromatic heterocycles. The van der Waals surface area contributed by atoms with E-state index in [9.17, 15) is 14.6 Å². The molecule has 0 aliphatic heterocycles. The van der Waals surface area contributed by atoms with E-state index >= 15 is 0 Å². The summed E-state index contributed by atoms with van der Waals surface area (Å²) in [5.41, 5.74) is 2.41. The number of aromatic nitrogens is 4. The first-order chi connectivity index (χ1) is 14.9. The van der Waals surface area contributed by atoms with Crippen LogP contribution >= 0.6 is 8.60 Å². The van der Waals surface area contributed by atoms with Crippen LogP contribution in [0.2, 0.25) is 0 Å². The molecule has 0 aliphatic carbocycles. The average molecular weight is 439 g/mol. The standard InChI is InChI=1S/C21H22N5O4P/c1-25(15-20(30-31(28)29)11-16-6-4-3-5-7-16)21(27)18-10-17(12-22-13-18)8-9-19-14-23-26(2)24-19/h3-7,10,12-14,20,28-29H,11,15H2,1-2H3. The van der Waals surface area contributed by atoms with E-state index in [0.717, 1.165) is 5.56 Å². The summed E-state index contributed by atoms with van der Waals surface area (Å²) < 4.78 is 5.25. The summed E-state index contributed by atoms with van der Waals surface area (Å²) in [7, 11) is 0.774. The fraction of sp³-hybridized carbons (Fsp3) is 0.238. The van der Waals surface area contributed by atoms with Gasteiger partial charge in [0.15, 0.2) is 5.69 Å². The molecule has 1 unspecified atom stereocenters. The van der Waals surface area contributed by atoms with Crippen LogP contribution in [-0.4, -0.2) is 60.3 Å². The zero-order valence-electron chi connectivity index (χ0n) is 17.1. The van der Waals surface area contributed by atoms with Crippen LogP contribution in [0.15, 0.2) is 55.0 Å². The lowest BCUT2D eigenvalue weighted by Crippen LogP contribution is -2.36. The molecule has 1 aromatic carbocycles. The first-order valence-corrected chi connectivity index (χ1v) is 10.5. The molecule has 2 N–H and O–H groups in total. The van der Waals surface area contributed by atoms with E-state index in [4.69, 9.17) is 4.52 Å². The second-order valence-electron chi connectivity index (χ2n) is 6.79. The molecule has 0 spiro atoms. The molecule has 1 amide bonds. The Kier molecular flexibility index (Phi) is 7.82. The molecule has 10 heteroatoms. The van der Waals surface area contributed by atoms with Gasteiger partial charge in [-0.15, -0.1) is 5.10 Å². The highest BCUT2D eigenvalue weighted by Crippen LogP contribution is 2.28. The predicted octanol–water partition coefficient (Wildman–Crippen LogP) is 1.52. The molecule has 0 bridgehead atoms. The molecule has 0 aliphatic rings. The smallest absolute Gasteiger partial charge is 0.327 e. The van der Waals surface area contributed by atoms with E-state index in [1.165, 1.54) is 15.9 Å². The summed E-state index contributed by atoms with van der Waals surface area (Å²) in [6.45, 7) is 0.170. The molecular formula is C21H22N5O4P. The summed E-state index contributed by atoms with van der Waals surface area (Å²) in [4.78, 5) is 38.5. The fourth-order valence-corrected chi connectivity index (χ4v) is 3.33. The lowest BCUT2D eigenvalue weighted by atomic mass is 10.1. The van der Waals surface area contributed by atoms with Crippen molar-refractivity contribution in [3.63, 3.8) is 0 Å². The maximum atomic E-state index is 12.9. The third-order valence-electron chi connectivity index (χ3n) is 4.29. The molecule has 160 valence electrons. The number of hydrogen-bond acceptors (Lipinski definition) is 7. The van der Waals surface area contributed by atoms with Gasteiger partial charge < -0.3 is 19.2 Å². The highest BCUT2D eigenvalue weighted by molar-refractivity contribution is 7.39. The van der Waals surface area contributed by atoms with Crippen molar-refractivity contribution in [2.45, 2.75) is 12.5 Å². The molecule has 1 atom stereocenters. The largest absolute Gasteiger partial charge is 0.339 e. The lowest BCUT2D eigenvalue weighted by molar-refractivity contribution is 0.0694. The molecule has 9 nitrogen and oxygen atoms in total. The Labute approximate surface area is 181 Å². The molecule has 0 radical (unpaired) electrons. The van der Waals surface area contributed by atoms with Gasteiger partial charge in [0.05, 0.1) is 17.9 Å². The normalized spacial score (nSPS) is 11.6. The van der Waals surface area contributed by atoms with Gasteiger partial charge in [0.1, 0.15) is 0 Å². The van der Waals surface area contributed by atoms with Crippen molar-refractivity contribution in [1.82, 2.24) is 24.9 Å². The summed E-state index contributed by atoms with van der Waals surface area (Å²) in [5, 5.41) is 8.04. The van der Waals surface area contributed by atoms with Gasteiger partial charge in [-0.1, -0.05) is 36.3 Å². The van der Waals surface area contributed by atoms with Crippen LogP contribution in [0.5, 0.6) is 0 Å². The zero-order valence-corrected chi connectivity index (χ0v) is 18.0. The third kappa shape index (κ3) is 6.95. The number of hydrogen-bond donors (Lipinski definition) is 2. The van der Waals surface area contributed by atoms with Crippen LogP contribution < -0.4 is 0 Å². The van der Waals surface area contributed by atoms with E-state index in [-0.39, 0.29) is 12.5 Å². The summed E-state index contributed by atoms with van der Waals surface area (Å²) in [6, 6.07) is 11.2. The van der Waals surface area contributed by atoms with Crippen molar-refractivity contribution < 1.29 is 19.1 Å². The summed E-state index contributed by atoms with van der Waals surface area (Å²) in [5.74, 6) is 5.52. The molecule has 3 rings (SSSR count). The van der Waals surface area contributed by atoms with E-state index < -0.39 is 14.7 Å². The number of pyridine rings is 1.